The van der Waals surface area contributed by atoms with Crippen LogP contribution in [0.25, 0.3) is 0 Å². The Bertz CT molecular complexity index is 1200. The van der Waals surface area contributed by atoms with Crippen molar-refractivity contribution < 1.29 is 13.2 Å². The van der Waals surface area contributed by atoms with Crippen LogP contribution in [0.5, 0.6) is 0 Å². The molecule has 1 aromatic carbocycles. The molecule has 2 N–H and O–H groups in total. The van der Waals surface area contributed by atoms with Crippen LogP contribution in [0.4, 0.5) is 5.69 Å². The molecular weight excluding hydrogens is 404 g/mol. The SMILES string of the molecule is Cc1ccc(S(=O)(=O)Nc2ccc(C)n(CC(=O)NCc3ccncc3)c2=O)cc1. The average Bonchev–Trinajstić information content (AvgIpc) is 2.73. The first-order valence-corrected chi connectivity index (χ1v) is 10.7. The van der Waals surface area contributed by atoms with E-state index in [4.69, 9.17) is 0 Å². The minimum Gasteiger partial charge on any atom is -0.350 e. The lowest BCUT2D eigenvalue weighted by molar-refractivity contribution is -0.121. The topological polar surface area (TPSA) is 110 Å². The monoisotopic (exact) mass is 426 g/mol. The zero-order valence-electron chi connectivity index (χ0n) is 16.6. The number of carbonyl (C=O) groups excluding carboxylic acids is 1. The molecule has 0 saturated carbocycles. The van der Waals surface area contributed by atoms with Crippen LogP contribution in [-0.4, -0.2) is 23.9 Å². The second kappa shape index (κ2) is 8.91. The fourth-order valence-corrected chi connectivity index (χ4v) is 3.82. The Balaban J connectivity index is 1.77. The molecule has 2 aromatic heterocycles. The molecular formula is C21H22N4O4S. The fraction of sp³-hybridized carbons (Fsp3) is 0.190. The third-order valence-electron chi connectivity index (χ3n) is 4.51. The highest BCUT2D eigenvalue weighted by atomic mass is 32.2. The van der Waals surface area contributed by atoms with Crippen molar-refractivity contribution in [2.45, 2.75) is 31.8 Å². The van der Waals surface area contributed by atoms with E-state index in [9.17, 15) is 18.0 Å². The molecule has 3 rings (SSSR count). The predicted molar refractivity (Wildman–Crippen MR) is 114 cm³/mol. The molecule has 156 valence electrons. The van der Waals surface area contributed by atoms with Gasteiger partial charge in [0.25, 0.3) is 15.6 Å². The summed E-state index contributed by atoms with van der Waals surface area (Å²) < 4.78 is 28.8. The molecule has 0 fully saturated rings. The number of hydrogen-bond donors (Lipinski definition) is 2. The van der Waals surface area contributed by atoms with Gasteiger partial charge in [0.05, 0.1) is 4.90 Å². The molecule has 8 nitrogen and oxygen atoms in total. The predicted octanol–water partition coefficient (Wildman–Crippen LogP) is 1.98. The maximum absolute atomic E-state index is 12.8. The smallest absolute Gasteiger partial charge is 0.275 e. The minimum atomic E-state index is -3.93. The molecule has 0 aliphatic rings. The molecule has 0 unspecified atom stereocenters. The van der Waals surface area contributed by atoms with E-state index < -0.39 is 15.6 Å². The molecule has 0 bridgehead atoms. The zero-order valence-corrected chi connectivity index (χ0v) is 17.4. The molecule has 0 saturated heterocycles. The first-order chi connectivity index (χ1) is 14.3. The highest BCUT2D eigenvalue weighted by Gasteiger charge is 2.18. The van der Waals surface area contributed by atoms with Gasteiger partial charge < -0.3 is 9.88 Å². The van der Waals surface area contributed by atoms with Crippen molar-refractivity contribution in [2.75, 3.05) is 4.72 Å². The van der Waals surface area contributed by atoms with Crippen LogP contribution in [0.3, 0.4) is 0 Å². The zero-order chi connectivity index (χ0) is 21.7. The average molecular weight is 426 g/mol. The number of nitrogens with one attached hydrogen (secondary N) is 2. The van der Waals surface area contributed by atoms with Crippen LogP contribution in [-0.2, 0) is 27.9 Å². The van der Waals surface area contributed by atoms with E-state index in [0.29, 0.717) is 12.2 Å². The van der Waals surface area contributed by atoms with Gasteiger partial charge in [0.2, 0.25) is 5.91 Å². The number of aryl methyl sites for hydroxylation is 2. The van der Waals surface area contributed by atoms with E-state index in [2.05, 4.69) is 15.0 Å². The molecule has 2 heterocycles. The molecule has 0 atom stereocenters. The number of hydrogen-bond acceptors (Lipinski definition) is 5. The standard InChI is InChI=1S/C21H22N4O4S/c1-15-3-6-18(7-4-15)30(28,29)24-19-8-5-16(2)25(21(19)27)14-20(26)23-13-17-9-11-22-12-10-17/h3-12,24H,13-14H2,1-2H3,(H,23,26). The maximum Gasteiger partial charge on any atom is 0.275 e. The van der Waals surface area contributed by atoms with Gasteiger partial charge in [0.1, 0.15) is 12.2 Å². The summed E-state index contributed by atoms with van der Waals surface area (Å²) in [4.78, 5) is 29.1. The summed E-state index contributed by atoms with van der Waals surface area (Å²) in [7, 11) is -3.93. The lowest BCUT2D eigenvalue weighted by atomic mass is 10.2. The summed E-state index contributed by atoms with van der Waals surface area (Å²) in [6, 6.07) is 12.8. The van der Waals surface area contributed by atoms with Crippen molar-refractivity contribution in [3.05, 3.63) is 88.1 Å². The van der Waals surface area contributed by atoms with E-state index >= 15 is 0 Å². The number of sulfonamides is 1. The van der Waals surface area contributed by atoms with Crippen molar-refractivity contribution >= 4 is 21.6 Å². The Morgan fingerprint density at radius 2 is 1.67 bits per heavy atom. The van der Waals surface area contributed by atoms with Gasteiger partial charge in [-0.2, -0.15) is 0 Å². The van der Waals surface area contributed by atoms with Gasteiger partial charge in [-0.15, -0.1) is 0 Å². The van der Waals surface area contributed by atoms with Gasteiger partial charge in [-0.05, 0) is 55.8 Å². The third kappa shape index (κ3) is 5.12. The van der Waals surface area contributed by atoms with Crippen molar-refractivity contribution in [1.29, 1.82) is 0 Å². The van der Waals surface area contributed by atoms with Crippen LogP contribution in [0.2, 0.25) is 0 Å². The second-order valence-electron chi connectivity index (χ2n) is 6.83. The van der Waals surface area contributed by atoms with Gasteiger partial charge in [-0.25, -0.2) is 8.42 Å². The third-order valence-corrected chi connectivity index (χ3v) is 5.89. The second-order valence-corrected chi connectivity index (χ2v) is 8.51. The Morgan fingerprint density at radius 1 is 1.00 bits per heavy atom. The van der Waals surface area contributed by atoms with Crippen molar-refractivity contribution in [3.63, 3.8) is 0 Å². The van der Waals surface area contributed by atoms with E-state index in [0.717, 1.165) is 11.1 Å². The minimum absolute atomic E-state index is 0.0507. The van der Waals surface area contributed by atoms with E-state index in [-0.39, 0.29) is 23.0 Å². The molecule has 0 aliphatic carbocycles. The number of anilines is 1. The molecule has 0 spiro atoms. The normalized spacial score (nSPS) is 11.1. The lowest BCUT2D eigenvalue weighted by Gasteiger charge is -2.14. The highest BCUT2D eigenvalue weighted by molar-refractivity contribution is 7.92. The first kappa shape index (κ1) is 21.3. The van der Waals surface area contributed by atoms with Gasteiger partial charge in [0.15, 0.2) is 0 Å². The largest absolute Gasteiger partial charge is 0.350 e. The summed E-state index contributed by atoms with van der Waals surface area (Å²) in [6.45, 7) is 3.60. The summed E-state index contributed by atoms with van der Waals surface area (Å²) in [5.41, 5.74) is 1.62. The van der Waals surface area contributed by atoms with E-state index in [1.54, 1.807) is 49.6 Å². The maximum atomic E-state index is 12.8. The summed E-state index contributed by atoms with van der Waals surface area (Å²) in [5, 5.41) is 2.74. The molecule has 3 aromatic rings. The number of rotatable bonds is 7. The first-order valence-electron chi connectivity index (χ1n) is 9.22. The van der Waals surface area contributed by atoms with Crippen molar-refractivity contribution in [1.82, 2.24) is 14.9 Å². The number of aromatic nitrogens is 2. The Hall–Kier alpha value is -3.46. The summed E-state index contributed by atoms with van der Waals surface area (Å²) in [6.07, 6.45) is 3.25. The van der Waals surface area contributed by atoms with Crippen LogP contribution in [0.1, 0.15) is 16.8 Å². The number of pyridine rings is 2. The van der Waals surface area contributed by atoms with Crippen LogP contribution >= 0.6 is 0 Å². The van der Waals surface area contributed by atoms with Gasteiger partial charge >= 0.3 is 0 Å². The Morgan fingerprint density at radius 3 is 2.33 bits per heavy atom. The van der Waals surface area contributed by atoms with E-state index in [1.165, 1.54) is 22.8 Å². The highest BCUT2D eigenvalue weighted by Crippen LogP contribution is 2.14. The van der Waals surface area contributed by atoms with Crippen molar-refractivity contribution in [3.8, 4) is 0 Å². The number of benzene rings is 1. The van der Waals surface area contributed by atoms with Gasteiger partial charge in [0, 0.05) is 24.6 Å². The Labute approximate surface area is 174 Å². The van der Waals surface area contributed by atoms with Gasteiger partial charge in [-0.3, -0.25) is 19.3 Å². The molecule has 9 heteroatoms. The quantitative estimate of drug-likeness (QED) is 0.600. The van der Waals surface area contributed by atoms with E-state index in [1.807, 2.05) is 6.92 Å². The molecule has 0 aliphatic heterocycles. The van der Waals surface area contributed by atoms with Crippen molar-refractivity contribution in [2.24, 2.45) is 0 Å². The molecule has 0 radical (unpaired) electrons. The fourth-order valence-electron chi connectivity index (χ4n) is 2.77. The number of nitrogens with zero attached hydrogens (tertiary/aromatic N) is 2. The van der Waals surface area contributed by atoms with Crippen LogP contribution < -0.4 is 15.6 Å². The number of carbonyl (C=O) groups is 1. The van der Waals surface area contributed by atoms with Crippen LogP contribution in [0, 0.1) is 13.8 Å². The lowest BCUT2D eigenvalue weighted by Crippen LogP contribution is -2.34. The molecule has 30 heavy (non-hydrogen) atoms. The van der Waals surface area contributed by atoms with Gasteiger partial charge in [-0.1, -0.05) is 17.7 Å². The molecule has 1 amide bonds. The Kier molecular flexibility index (Phi) is 6.31. The number of amides is 1. The summed E-state index contributed by atoms with van der Waals surface area (Å²) >= 11 is 0. The van der Waals surface area contributed by atoms with Crippen LogP contribution in [0.15, 0.2) is 70.6 Å². The summed E-state index contributed by atoms with van der Waals surface area (Å²) in [5.74, 6) is -0.365.